The van der Waals surface area contributed by atoms with Crippen molar-refractivity contribution >= 4 is 22.6 Å². The van der Waals surface area contributed by atoms with E-state index in [1.54, 1.807) is 0 Å². The minimum Gasteiger partial charge on any atom is -0.402 e. The van der Waals surface area contributed by atoms with Crippen LogP contribution < -0.4 is 22.9 Å². The highest BCUT2D eigenvalue weighted by atomic mass is 14.6. The first-order valence-electron chi connectivity index (χ1n) is 12.6. The van der Waals surface area contributed by atoms with Gasteiger partial charge in [-0.2, -0.15) is 0 Å². The van der Waals surface area contributed by atoms with Gasteiger partial charge in [-0.15, -0.1) is 0 Å². The molecule has 0 amide bonds. The molecule has 0 aliphatic heterocycles. The summed E-state index contributed by atoms with van der Waals surface area (Å²) in [5.74, 6) is 0. The lowest BCUT2D eigenvalue weighted by Crippen LogP contribution is -2.23. The quantitative estimate of drug-likeness (QED) is 0.304. The van der Waals surface area contributed by atoms with Crippen LogP contribution >= 0.6 is 0 Å². The number of rotatable bonds is 2. The molecule has 0 aromatic heterocycles. The third-order valence-corrected chi connectivity index (χ3v) is 7.87. The second kappa shape index (κ2) is 9.09. The SMILES string of the molecule is CC1(C)CC(C)(c2ccc(N)cc2)c2ccc(N)cc21.CC1(C)CC(c2ccc(N)cc2)=CC=C1N. The van der Waals surface area contributed by atoms with Gasteiger partial charge in [0.1, 0.15) is 0 Å². The molecule has 3 aromatic rings. The second-order valence-corrected chi connectivity index (χ2v) is 11.8. The Morgan fingerprint density at radius 2 is 1.14 bits per heavy atom. The van der Waals surface area contributed by atoms with Crippen LogP contribution in [0.3, 0.4) is 0 Å². The van der Waals surface area contributed by atoms with Crippen LogP contribution in [0.2, 0.25) is 0 Å². The monoisotopic (exact) mass is 480 g/mol. The lowest BCUT2D eigenvalue weighted by atomic mass is 9.75. The van der Waals surface area contributed by atoms with Gasteiger partial charge >= 0.3 is 0 Å². The van der Waals surface area contributed by atoms with Gasteiger partial charge in [0.15, 0.2) is 0 Å². The molecule has 188 valence electrons. The second-order valence-electron chi connectivity index (χ2n) is 11.8. The molecular formula is C32H40N4. The average Bonchev–Trinajstić information content (AvgIpc) is 3.02. The van der Waals surface area contributed by atoms with Gasteiger partial charge in [-0.1, -0.05) is 71.0 Å². The Hall–Kier alpha value is -3.66. The topological polar surface area (TPSA) is 104 Å². The maximum absolute atomic E-state index is 5.98. The van der Waals surface area contributed by atoms with E-state index in [-0.39, 0.29) is 16.2 Å². The van der Waals surface area contributed by atoms with Gasteiger partial charge in [0.2, 0.25) is 0 Å². The Kier molecular flexibility index (Phi) is 6.42. The van der Waals surface area contributed by atoms with E-state index in [1.807, 2.05) is 36.4 Å². The van der Waals surface area contributed by atoms with Crippen LogP contribution in [0.25, 0.3) is 5.57 Å². The molecule has 0 radical (unpaired) electrons. The fraction of sp³-hybridized carbons (Fsp3) is 0.312. The van der Waals surface area contributed by atoms with E-state index in [2.05, 4.69) is 77.1 Å². The first-order valence-corrected chi connectivity index (χ1v) is 12.6. The molecule has 1 atom stereocenters. The van der Waals surface area contributed by atoms with Crippen LogP contribution in [0.5, 0.6) is 0 Å². The molecular weight excluding hydrogens is 440 g/mol. The van der Waals surface area contributed by atoms with Gasteiger partial charge in [-0.25, -0.2) is 0 Å². The summed E-state index contributed by atoms with van der Waals surface area (Å²) in [5, 5.41) is 0. The summed E-state index contributed by atoms with van der Waals surface area (Å²) >= 11 is 0. The van der Waals surface area contributed by atoms with Gasteiger partial charge in [-0.05, 0) is 88.6 Å². The maximum Gasteiger partial charge on any atom is 0.0317 e. The van der Waals surface area contributed by atoms with Crippen molar-refractivity contribution in [1.29, 1.82) is 0 Å². The molecule has 4 heteroatoms. The predicted molar refractivity (Wildman–Crippen MR) is 155 cm³/mol. The zero-order chi connectivity index (χ0) is 26.3. The van der Waals surface area contributed by atoms with E-state index < -0.39 is 0 Å². The van der Waals surface area contributed by atoms with Crippen molar-refractivity contribution < 1.29 is 0 Å². The molecule has 0 saturated heterocycles. The standard InChI is InChI=1S/C18H22N2.C14H18N2/c1-17(2)11-18(3,12-4-6-13(19)7-5-12)15-9-8-14(20)10-16(15)17;1-14(2)9-11(5-8-13(14)16)10-3-6-12(15)7-4-10/h4-10H,11,19-20H2,1-3H3;3-8H,9,15-16H2,1-2H3. The average molecular weight is 481 g/mol. The Labute approximate surface area is 216 Å². The number of fused-ring (bicyclic) bond motifs is 1. The molecule has 3 aromatic carbocycles. The number of nitrogens with two attached hydrogens (primary N) is 4. The van der Waals surface area contributed by atoms with Crippen molar-refractivity contribution in [2.24, 2.45) is 11.1 Å². The van der Waals surface area contributed by atoms with Crippen molar-refractivity contribution in [2.75, 3.05) is 17.2 Å². The highest BCUT2D eigenvalue weighted by Crippen LogP contribution is 2.53. The molecule has 0 fully saturated rings. The molecule has 0 heterocycles. The van der Waals surface area contributed by atoms with E-state index >= 15 is 0 Å². The molecule has 1 unspecified atom stereocenters. The Balaban J connectivity index is 0.000000174. The third-order valence-electron chi connectivity index (χ3n) is 7.87. The molecule has 5 rings (SSSR count). The van der Waals surface area contributed by atoms with E-state index in [4.69, 9.17) is 22.9 Å². The van der Waals surface area contributed by atoms with Crippen molar-refractivity contribution in [3.8, 4) is 0 Å². The van der Waals surface area contributed by atoms with Gasteiger partial charge in [-0.3, -0.25) is 0 Å². The Morgan fingerprint density at radius 1 is 0.583 bits per heavy atom. The van der Waals surface area contributed by atoms with Crippen molar-refractivity contribution in [3.63, 3.8) is 0 Å². The molecule has 0 bridgehead atoms. The van der Waals surface area contributed by atoms with Crippen molar-refractivity contribution in [2.45, 2.75) is 58.3 Å². The number of hydrogen-bond acceptors (Lipinski definition) is 4. The summed E-state index contributed by atoms with van der Waals surface area (Å²) in [4.78, 5) is 0. The van der Waals surface area contributed by atoms with E-state index in [0.29, 0.717) is 0 Å². The maximum atomic E-state index is 5.98. The molecule has 8 N–H and O–H groups in total. The van der Waals surface area contributed by atoms with Gasteiger partial charge in [0.05, 0.1) is 0 Å². The number of nitrogen functional groups attached to an aromatic ring is 3. The van der Waals surface area contributed by atoms with E-state index in [0.717, 1.165) is 35.6 Å². The summed E-state index contributed by atoms with van der Waals surface area (Å²) < 4.78 is 0. The molecule has 0 saturated carbocycles. The van der Waals surface area contributed by atoms with E-state index in [9.17, 15) is 0 Å². The third kappa shape index (κ3) is 4.86. The van der Waals surface area contributed by atoms with E-state index in [1.165, 1.54) is 27.8 Å². The zero-order valence-electron chi connectivity index (χ0n) is 22.2. The fourth-order valence-electron chi connectivity index (χ4n) is 5.73. The summed E-state index contributed by atoms with van der Waals surface area (Å²) in [6.07, 6.45) is 6.17. The van der Waals surface area contributed by atoms with Crippen molar-refractivity contribution in [3.05, 3.63) is 107 Å². The molecule has 2 aliphatic rings. The number of anilines is 3. The van der Waals surface area contributed by atoms with Gasteiger partial charge < -0.3 is 22.9 Å². The summed E-state index contributed by atoms with van der Waals surface area (Å²) in [5.41, 5.74) is 33.7. The highest BCUT2D eigenvalue weighted by molar-refractivity contribution is 5.70. The molecule has 4 nitrogen and oxygen atoms in total. The highest BCUT2D eigenvalue weighted by Gasteiger charge is 2.45. The first kappa shape index (κ1) is 25.4. The summed E-state index contributed by atoms with van der Waals surface area (Å²) in [6.45, 7) is 11.3. The lowest BCUT2D eigenvalue weighted by molar-refractivity contribution is 0.425. The minimum atomic E-state index is 0.0280. The number of allylic oxidation sites excluding steroid dienone is 4. The van der Waals surface area contributed by atoms with Crippen LogP contribution in [0.1, 0.15) is 69.7 Å². The van der Waals surface area contributed by atoms with Gasteiger partial charge in [0.25, 0.3) is 0 Å². The van der Waals surface area contributed by atoms with Crippen LogP contribution in [0, 0.1) is 5.41 Å². The van der Waals surface area contributed by atoms with Crippen LogP contribution in [0.4, 0.5) is 17.1 Å². The Morgan fingerprint density at radius 3 is 1.72 bits per heavy atom. The summed E-state index contributed by atoms with van der Waals surface area (Å²) in [7, 11) is 0. The van der Waals surface area contributed by atoms with Crippen LogP contribution in [0.15, 0.2) is 84.6 Å². The summed E-state index contributed by atoms with van der Waals surface area (Å²) in [6, 6.07) is 22.6. The van der Waals surface area contributed by atoms with Crippen molar-refractivity contribution in [1.82, 2.24) is 0 Å². The molecule has 2 aliphatic carbocycles. The molecule has 0 spiro atoms. The smallest absolute Gasteiger partial charge is 0.0317 e. The van der Waals surface area contributed by atoms with Gasteiger partial charge in [0, 0.05) is 33.6 Å². The molecule has 36 heavy (non-hydrogen) atoms. The number of benzene rings is 3. The normalized spacial score (nSPS) is 21.5. The van der Waals surface area contributed by atoms with Crippen LogP contribution in [-0.2, 0) is 10.8 Å². The zero-order valence-corrected chi connectivity index (χ0v) is 22.2. The predicted octanol–water partition coefficient (Wildman–Crippen LogP) is 6.76. The first-order chi connectivity index (χ1) is 16.8. The number of hydrogen-bond donors (Lipinski definition) is 4. The minimum absolute atomic E-state index is 0.0280. The lowest BCUT2D eigenvalue weighted by Gasteiger charge is -2.29. The fourth-order valence-corrected chi connectivity index (χ4v) is 5.73. The van der Waals surface area contributed by atoms with Crippen LogP contribution in [-0.4, -0.2) is 0 Å². The largest absolute Gasteiger partial charge is 0.402 e. The Bertz CT molecular complexity index is 1310.